The van der Waals surface area contributed by atoms with Gasteiger partial charge in [0.2, 0.25) is 5.91 Å². The van der Waals surface area contributed by atoms with Crippen molar-refractivity contribution in [2.75, 3.05) is 20.8 Å². The smallest absolute Gasteiger partial charge is 0.303 e. The van der Waals surface area contributed by atoms with Gasteiger partial charge in [-0.15, -0.1) is 0 Å². The van der Waals surface area contributed by atoms with Gasteiger partial charge in [0.25, 0.3) is 0 Å². The molecule has 23 heavy (non-hydrogen) atoms. The molecule has 0 bridgehead atoms. The van der Waals surface area contributed by atoms with E-state index in [4.69, 9.17) is 14.6 Å². The van der Waals surface area contributed by atoms with Gasteiger partial charge in [0.1, 0.15) is 0 Å². The second kappa shape index (κ2) is 9.71. The van der Waals surface area contributed by atoms with E-state index >= 15 is 0 Å². The Morgan fingerprint density at radius 3 is 2.48 bits per heavy atom. The molecule has 6 nitrogen and oxygen atoms in total. The molecule has 0 heterocycles. The number of carbonyl (C=O) groups is 2. The van der Waals surface area contributed by atoms with Crippen LogP contribution in [0.4, 0.5) is 0 Å². The van der Waals surface area contributed by atoms with Crippen LogP contribution in [-0.2, 0) is 16.0 Å². The molecule has 0 saturated carbocycles. The van der Waals surface area contributed by atoms with Crippen LogP contribution in [0.2, 0.25) is 0 Å². The van der Waals surface area contributed by atoms with E-state index in [-0.39, 0.29) is 18.2 Å². The molecule has 0 aliphatic rings. The SMILES string of the molecule is COc1ccc(CC(C)C(=O)NCCCCC(=O)O)cc1OC. The Balaban J connectivity index is 2.44. The molecular formula is C17H25NO5. The zero-order valence-electron chi connectivity index (χ0n) is 13.9. The quantitative estimate of drug-likeness (QED) is 0.645. The third-order valence-corrected chi connectivity index (χ3v) is 3.55. The minimum Gasteiger partial charge on any atom is -0.493 e. The van der Waals surface area contributed by atoms with Gasteiger partial charge in [-0.2, -0.15) is 0 Å². The van der Waals surface area contributed by atoms with Crippen molar-refractivity contribution < 1.29 is 24.2 Å². The van der Waals surface area contributed by atoms with Gasteiger partial charge in [0.05, 0.1) is 14.2 Å². The van der Waals surface area contributed by atoms with Crippen LogP contribution >= 0.6 is 0 Å². The monoisotopic (exact) mass is 323 g/mol. The molecule has 1 unspecified atom stereocenters. The van der Waals surface area contributed by atoms with Crippen molar-refractivity contribution in [3.05, 3.63) is 23.8 Å². The number of methoxy groups -OCH3 is 2. The molecular weight excluding hydrogens is 298 g/mol. The van der Waals surface area contributed by atoms with Crippen LogP contribution in [0.1, 0.15) is 31.7 Å². The van der Waals surface area contributed by atoms with Crippen molar-refractivity contribution >= 4 is 11.9 Å². The van der Waals surface area contributed by atoms with Crippen LogP contribution in [0.5, 0.6) is 11.5 Å². The molecule has 0 aliphatic heterocycles. The predicted molar refractivity (Wildman–Crippen MR) is 86.9 cm³/mol. The molecule has 0 saturated heterocycles. The van der Waals surface area contributed by atoms with Crippen molar-refractivity contribution in [3.8, 4) is 11.5 Å². The molecule has 0 aliphatic carbocycles. The standard InChI is InChI=1S/C17H25NO5/c1-12(17(21)18-9-5-4-6-16(19)20)10-13-7-8-14(22-2)15(11-13)23-3/h7-8,11-12H,4-6,9-10H2,1-3H3,(H,18,21)(H,19,20). The molecule has 2 N–H and O–H groups in total. The minimum atomic E-state index is -0.807. The first-order valence-corrected chi connectivity index (χ1v) is 7.68. The van der Waals surface area contributed by atoms with Crippen LogP contribution < -0.4 is 14.8 Å². The number of hydrogen-bond acceptors (Lipinski definition) is 4. The van der Waals surface area contributed by atoms with Crippen molar-refractivity contribution in [1.29, 1.82) is 0 Å². The number of nitrogens with one attached hydrogen (secondary N) is 1. The Morgan fingerprint density at radius 1 is 1.17 bits per heavy atom. The average molecular weight is 323 g/mol. The maximum Gasteiger partial charge on any atom is 0.303 e. The van der Waals surface area contributed by atoms with Gasteiger partial charge in [-0.1, -0.05) is 13.0 Å². The minimum absolute atomic E-state index is 0.0323. The van der Waals surface area contributed by atoms with Crippen molar-refractivity contribution in [2.45, 2.75) is 32.6 Å². The van der Waals surface area contributed by atoms with Gasteiger partial charge in [0.15, 0.2) is 11.5 Å². The zero-order valence-corrected chi connectivity index (χ0v) is 13.9. The van der Waals surface area contributed by atoms with E-state index < -0.39 is 5.97 Å². The van der Waals surface area contributed by atoms with E-state index in [9.17, 15) is 9.59 Å². The summed E-state index contributed by atoms with van der Waals surface area (Å²) in [6.07, 6.45) is 1.97. The topological polar surface area (TPSA) is 84.9 Å². The maximum absolute atomic E-state index is 12.0. The summed E-state index contributed by atoms with van der Waals surface area (Å²) >= 11 is 0. The Hall–Kier alpha value is -2.24. The molecule has 1 rings (SSSR count). The number of unbranched alkanes of at least 4 members (excludes halogenated alkanes) is 1. The fraction of sp³-hybridized carbons (Fsp3) is 0.529. The third kappa shape index (κ3) is 6.59. The van der Waals surface area contributed by atoms with Crippen LogP contribution in [0.3, 0.4) is 0 Å². The lowest BCUT2D eigenvalue weighted by Gasteiger charge is -2.14. The molecule has 6 heteroatoms. The number of ether oxygens (including phenoxy) is 2. The van der Waals surface area contributed by atoms with Crippen LogP contribution in [0.25, 0.3) is 0 Å². The normalized spacial score (nSPS) is 11.6. The molecule has 128 valence electrons. The van der Waals surface area contributed by atoms with Crippen molar-refractivity contribution in [2.24, 2.45) is 5.92 Å². The summed E-state index contributed by atoms with van der Waals surface area (Å²) in [5.41, 5.74) is 0.996. The van der Waals surface area contributed by atoms with Gasteiger partial charge >= 0.3 is 5.97 Å². The van der Waals surface area contributed by atoms with Crippen LogP contribution in [-0.4, -0.2) is 37.7 Å². The van der Waals surface area contributed by atoms with Crippen molar-refractivity contribution in [1.82, 2.24) is 5.32 Å². The third-order valence-electron chi connectivity index (χ3n) is 3.55. The number of rotatable bonds is 10. The Kier molecular flexibility index (Phi) is 7.94. The number of amides is 1. The van der Waals surface area contributed by atoms with Crippen LogP contribution in [0, 0.1) is 5.92 Å². The molecule has 0 aromatic heterocycles. The molecule has 0 radical (unpaired) electrons. The van der Waals surface area contributed by atoms with Gasteiger partial charge in [-0.25, -0.2) is 0 Å². The Bertz CT molecular complexity index is 530. The summed E-state index contributed by atoms with van der Waals surface area (Å²) in [6.45, 7) is 2.37. The van der Waals surface area contributed by atoms with Gasteiger partial charge < -0.3 is 19.9 Å². The molecule has 0 fully saturated rings. The number of carboxylic acid groups (broad SMARTS) is 1. The highest BCUT2D eigenvalue weighted by Crippen LogP contribution is 2.28. The van der Waals surface area contributed by atoms with Gasteiger partial charge in [-0.3, -0.25) is 9.59 Å². The van der Waals surface area contributed by atoms with E-state index in [1.807, 2.05) is 25.1 Å². The fourth-order valence-corrected chi connectivity index (χ4v) is 2.24. The maximum atomic E-state index is 12.0. The van der Waals surface area contributed by atoms with E-state index in [1.165, 1.54) is 0 Å². The summed E-state index contributed by atoms with van der Waals surface area (Å²) in [5.74, 6) is 0.291. The highest BCUT2D eigenvalue weighted by Gasteiger charge is 2.14. The summed E-state index contributed by atoms with van der Waals surface area (Å²) < 4.78 is 10.4. The Labute approximate surface area is 136 Å². The second-order valence-corrected chi connectivity index (χ2v) is 5.44. The first-order chi connectivity index (χ1) is 11.0. The summed E-state index contributed by atoms with van der Waals surface area (Å²) in [5, 5.41) is 11.4. The molecule has 1 aromatic carbocycles. The lowest BCUT2D eigenvalue weighted by Crippen LogP contribution is -2.31. The van der Waals surface area contributed by atoms with Crippen LogP contribution in [0.15, 0.2) is 18.2 Å². The molecule has 1 atom stereocenters. The average Bonchev–Trinajstić information content (AvgIpc) is 2.53. The Morgan fingerprint density at radius 2 is 1.87 bits per heavy atom. The number of carbonyl (C=O) groups excluding carboxylic acids is 1. The number of benzene rings is 1. The van der Waals surface area contributed by atoms with Crippen molar-refractivity contribution in [3.63, 3.8) is 0 Å². The van der Waals surface area contributed by atoms with Gasteiger partial charge in [-0.05, 0) is 37.0 Å². The predicted octanol–water partition coefficient (Wildman–Crippen LogP) is 2.25. The lowest BCUT2D eigenvalue weighted by atomic mass is 10.00. The van der Waals surface area contributed by atoms with E-state index in [0.717, 1.165) is 5.56 Å². The van der Waals surface area contributed by atoms with E-state index in [2.05, 4.69) is 5.32 Å². The van der Waals surface area contributed by atoms with E-state index in [1.54, 1.807) is 14.2 Å². The fourth-order valence-electron chi connectivity index (χ4n) is 2.24. The number of aliphatic carboxylic acids is 1. The summed E-state index contributed by atoms with van der Waals surface area (Å²) in [6, 6.07) is 5.61. The molecule has 1 amide bonds. The summed E-state index contributed by atoms with van der Waals surface area (Å²) in [7, 11) is 3.16. The van der Waals surface area contributed by atoms with Gasteiger partial charge in [0, 0.05) is 18.9 Å². The lowest BCUT2D eigenvalue weighted by molar-refractivity contribution is -0.137. The number of hydrogen-bond donors (Lipinski definition) is 2. The zero-order chi connectivity index (χ0) is 17.2. The first-order valence-electron chi connectivity index (χ1n) is 7.68. The molecule has 1 aromatic rings. The first kappa shape index (κ1) is 18.8. The molecule has 0 spiro atoms. The highest BCUT2D eigenvalue weighted by atomic mass is 16.5. The largest absolute Gasteiger partial charge is 0.493 e. The second-order valence-electron chi connectivity index (χ2n) is 5.44. The number of carboxylic acids is 1. The summed E-state index contributed by atoms with van der Waals surface area (Å²) in [4.78, 5) is 22.4. The highest BCUT2D eigenvalue weighted by molar-refractivity contribution is 5.78. The van der Waals surface area contributed by atoms with E-state index in [0.29, 0.717) is 37.3 Å².